The Kier molecular flexibility index (Phi) is 11.5. The van der Waals surface area contributed by atoms with Crippen molar-refractivity contribution in [3.63, 3.8) is 0 Å². The highest BCUT2D eigenvalue weighted by molar-refractivity contribution is 5.91. The van der Waals surface area contributed by atoms with E-state index < -0.39 is 18.2 Å². The minimum Gasteiger partial charge on any atom is -0.507 e. The Morgan fingerprint density at radius 1 is 0.942 bits per heavy atom. The number of aromatic nitrogens is 1. The molecule has 0 aliphatic carbocycles. The zero-order chi connectivity index (χ0) is 36.8. The molecule has 13 nitrogen and oxygen atoms in total. The second kappa shape index (κ2) is 16.3. The SMILES string of the molecule is CCCOC(=O)c1ccc(N2CCN(C(=O)[C@@H](Cc3cc(C)c(O)c(C)c3)OC(=O)N3CCC(N4CCc5ccccc5NC4=O)CC3)CC2)nc1. The number of ether oxygens (including phenoxy) is 2. The number of nitrogens with one attached hydrogen (secondary N) is 1. The van der Waals surface area contributed by atoms with E-state index in [9.17, 15) is 24.3 Å². The number of phenols is 1. The molecular formula is C39H48N6O7. The number of pyridine rings is 1. The predicted octanol–water partition coefficient (Wildman–Crippen LogP) is 4.92. The summed E-state index contributed by atoms with van der Waals surface area (Å²) in [5.74, 6) is 0.206. The number of carbonyl (C=O) groups is 4. The molecule has 52 heavy (non-hydrogen) atoms. The first-order chi connectivity index (χ1) is 25.1. The summed E-state index contributed by atoms with van der Waals surface area (Å²) in [6.45, 7) is 9.12. The number of hydrogen-bond acceptors (Lipinski definition) is 9. The first-order valence-corrected chi connectivity index (χ1v) is 18.2. The van der Waals surface area contributed by atoms with Crippen molar-refractivity contribution in [1.29, 1.82) is 0 Å². The van der Waals surface area contributed by atoms with E-state index >= 15 is 0 Å². The number of carbonyl (C=O) groups excluding carboxylic acids is 4. The van der Waals surface area contributed by atoms with E-state index in [1.54, 1.807) is 35.8 Å². The average Bonchev–Trinajstić information content (AvgIpc) is 3.33. The summed E-state index contributed by atoms with van der Waals surface area (Å²) in [5.41, 5.74) is 4.47. The second-order valence-electron chi connectivity index (χ2n) is 13.8. The molecule has 0 saturated carbocycles. The quantitative estimate of drug-likeness (QED) is 0.296. The zero-order valence-corrected chi connectivity index (χ0v) is 30.2. The number of para-hydroxylation sites is 1. The average molecular weight is 713 g/mol. The van der Waals surface area contributed by atoms with Crippen molar-refractivity contribution in [3.8, 4) is 5.75 Å². The molecule has 0 radical (unpaired) electrons. The number of fused-ring (bicyclic) bond motifs is 1. The Balaban J connectivity index is 1.08. The number of piperazine rings is 1. The number of urea groups is 1. The van der Waals surface area contributed by atoms with Crippen LogP contribution >= 0.6 is 0 Å². The maximum atomic E-state index is 14.1. The summed E-state index contributed by atoms with van der Waals surface area (Å²) in [5, 5.41) is 13.4. The van der Waals surface area contributed by atoms with E-state index in [0.717, 1.165) is 29.7 Å². The third kappa shape index (κ3) is 8.41. The van der Waals surface area contributed by atoms with Gasteiger partial charge >= 0.3 is 18.1 Å². The maximum Gasteiger partial charge on any atom is 0.410 e. The number of likely N-dealkylation sites (tertiary alicyclic amines) is 1. The number of amides is 4. The highest BCUT2D eigenvalue weighted by Gasteiger charge is 2.35. The molecule has 4 amide bonds. The van der Waals surface area contributed by atoms with Crippen LogP contribution in [0.4, 0.5) is 21.1 Å². The first-order valence-electron chi connectivity index (χ1n) is 18.2. The van der Waals surface area contributed by atoms with Crippen LogP contribution in [0.15, 0.2) is 54.7 Å². The molecule has 1 aromatic heterocycles. The van der Waals surface area contributed by atoms with Gasteiger partial charge in [0.25, 0.3) is 5.91 Å². The Morgan fingerprint density at radius 2 is 1.65 bits per heavy atom. The highest BCUT2D eigenvalue weighted by atomic mass is 16.6. The monoisotopic (exact) mass is 712 g/mol. The number of phenolic OH excluding ortho intramolecular Hbond substituents is 1. The van der Waals surface area contributed by atoms with E-state index in [1.807, 2.05) is 53.1 Å². The van der Waals surface area contributed by atoms with Crippen LogP contribution in [0, 0.1) is 13.8 Å². The van der Waals surface area contributed by atoms with E-state index in [4.69, 9.17) is 9.47 Å². The third-order valence-corrected chi connectivity index (χ3v) is 10.1. The van der Waals surface area contributed by atoms with Gasteiger partial charge in [0.15, 0.2) is 6.10 Å². The molecule has 1 atom stereocenters. The van der Waals surface area contributed by atoms with Crippen LogP contribution in [0.2, 0.25) is 0 Å². The predicted molar refractivity (Wildman–Crippen MR) is 196 cm³/mol. The summed E-state index contributed by atoms with van der Waals surface area (Å²) in [6, 6.07) is 14.8. The number of hydrogen-bond donors (Lipinski definition) is 2. The van der Waals surface area contributed by atoms with Crippen LogP contribution < -0.4 is 10.2 Å². The fourth-order valence-corrected chi connectivity index (χ4v) is 7.18. The molecule has 0 bridgehead atoms. The van der Waals surface area contributed by atoms with Crippen LogP contribution in [0.25, 0.3) is 0 Å². The number of aryl methyl sites for hydroxylation is 2. The number of rotatable bonds is 9. The summed E-state index contributed by atoms with van der Waals surface area (Å²) in [6.07, 6.45) is 2.74. The fraction of sp³-hybridized carbons (Fsp3) is 0.462. The van der Waals surface area contributed by atoms with Crippen molar-refractivity contribution >= 4 is 35.5 Å². The van der Waals surface area contributed by atoms with Crippen molar-refractivity contribution in [3.05, 3.63) is 82.5 Å². The van der Waals surface area contributed by atoms with Gasteiger partial charge in [-0.15, -0.1) is 0 Å². The van der Waals surface area contributed by atoms with Gasteiger partial charge < -0.3 is 39.5 Å². The van der Waals surface area contributed by atoms with Gasteiger partial charge in [-0.05, 0) is 80.0 Å². The lowest BCUT2D eigenvalue weighted by molar-refractivity contribution is -0.141. The van der Waals surface area contributed by atoms with E-state index in [-0.39, 0.29) is 30.2 Å². The molecule has 13 heteroatoms. The molecule has 4 heterocycles. The van der Waals surface area contributed by atoms with Crippen LogP contribution in [-0.2, 0) is 27.1 Å². The lowest BCUT2D eigenvalue weighted by Crippen LogP contribution is -2.54. The molecule has 2 N–H and O–H groups in total. The van der Waals surface area contributed by atoms with Gasteiger partial charge in [-0.3, -0.25) is 4.79 Å². The topological polar surface area (TPSA) is 145 Å². The molecule has 6 rings (SSSR count). The molecule has 3 aromatic rings. The molecule has 3 aliphatic heterocycles. The van der Waals surface area contributed by atoms with Crippen molar-refractivity contribution < 1.29 is 33.8 Å². The number of piperidine rings is 1. The summed E-state index contributed by atoms with van der Waals surface area (Å²) >= 11 is 0. The van der Waals surface area contributed by atoms with Gasteiger partial charge in [-0.25, -0.2) is 19.4 Å². The minimum atomic E-state index is -1.07. The van der Waals surface area contributed by atoms with Crippen LogP contribution in [0.5, 0.6) is 5.75 Å². The number of benzene rings is 2. The highest BCUT2D eigenvalue weighted by Crippen LogP contribution is 2.27. The molecular weight excluding hydrogens is 664 g/mol. The second-order valence-corrected chi connectivity index (χ2v) is 13.8. The number of anilines is 2. The maximum absolute atomic E-state index is 14.1. The smallest absolute Gasteiger partial charge is 0.410 e. The minimum absolute atomic E-state index is 0.0180. The van der Waals surface area contributed by atoms with Gasteiger partial charge in [-0.1, -0.05) is 37.3 Å². The standard InChI is InChI=1S/C39H48N6O7/c1-4-21-51-37(48)30-9-10-34(40-25-30)42-17-19-43(20-18-42)36(47)33(24-28-22-26(2)35(46)27(3)23-28)52-39(50)44-14-12-31(13-15-44)45-16-11-29-7-5-6-8-32(29)41-38(45)49/h5-10,22-23,25,31,33,46H,4,11-21,24H2,1-3H3,(H,41,49)/t33-/m1/s1. The summed E-state index contributed by atoms with van der Waals surface area (Å²) in [7, 11) is 0. The molecule has 2 aromatic carbocycles. The van der Waals surface area contributed by atoms with Crippen LogP contribution in [0.1, 0.15) is 58.8 Å². The Morgan fingerprint density at radius 3 is 2.33 bits per heavy atom. The zero-order valence-electron chi connectivity index (χ0n) is 30.2. The van der Waals surface area contributed by atoms with E-state index in [1.165, 1.54) is 6.20 Å². The molecule has 2 saturated heterocycles. The van der Waals surface area contributed by atoms with Crippen molar-refractivity contribution in [2.24, 2.45) is 0 Å². The molecule has 0 unspecified atom stereocenters. The van der Waals surface area contributed by atoms with Crippen LogP contribution in [0.3, 0.4) is 0 Å². The van der Waals surface area contributed by atoms with Crippen molar-refractivity contribution in [2.45, 2.75) is 65.0 Å². The molecule has 3 aliphatic rings. The summed E-state index contributed by atoms with van der Waals surface area (Å²) in [4.78, 5) is 64.7. The lowest BCUT2D eigenvalue weighted by atomic mass is 10.0. The van der Waals surface area contributed by atoms with Crippen molar-refractivity contribution in [2.75, 3.05) is 62.6 Å². The van der Waals surface area contributed by atoms with Gasteiger partial charge in [-0.2, -0.15) is 0 Å². The number of esters is 1. The normalized spacial score (nSPS) is 17.2. The molecule has 276 valence electrons. The number of aromatic hydroxyl groups is 1. The number of nitrogens with zero attached hydrogens (tertiary/aromatic N) is 5. The lowest BCUT2D eigenvalue weighted by Gasteiger charge is -2.39. The van der Waals surface area contributed by atoms with Gasteiger partial charge in [0, 0.05) is 70.2 Å². The Labute approximate surface area is 304 Å². The van der Waals surface area contributed by atoms with Crippen LogP contribution in [-0.4, -0.2) is 113 Å². The van der Waals surface area contributed by atoms with E-state index in [2.05, 4.69) is 10.3 Å². The summed E-state index contributed by atoms with van der Waals surface area (Å²) < 4.78 is 11.2. The largest absolute Gasteiger partial charge is 0.507 e. The molecule has 2 fully saturated rings. The van der Waals surface area contributed by atoms with Gasteiger partial charge in [0.2, 0.25) is 0 Å². The van der Waals surface area contributed by atoms with Gasteiger partial charge in [0.1, 0.15) is 11.6 Å². The van der Waals surface area contributed by atoms with Crippen molar-refractivity contribution in [1.82, 2.24) is 19.7 Å². The Bertz CT molecular complexity index is 1740. The third-order valence-electron chi connectivity index (χ3n) is 10.1. The fourth-order valence-electron chi connectivity index (χ4n) is 7.18. The first kappa shape index (κ1) is 36.5. The Hall–Kier alpha value is -5.33. The molecule has 0 spiro atoms. The van der Waals surface area contributed by atoms with Gasteiger partial charge in [0.05, 0.1) is 12.2 Å². The van der Waals surface area contributed by atoms with E-state index in [0.29, 0.717) is 87.8 Å².